The maximum Gasteiger partial charge on any atom is 0.127 e. The maximum absolute atomic E-state index is 4.09. The minimum absolute atomic E-state index is 1.01. The van der Waals surface area contributed by atoms with E-state index in [1.54, 1.807) is 7.05 Å². The van der Waals surface area contributed by atoms with E-state index in [4.69, 9.17) is 0 Å². The fourth-order valence-electron chi connectivity index (χ4n) is 0.882. The van der Waals surface area contributed by atoms with E-state index in [1.807, 2.05) is 17.8 Å². The molecule has 0 atom stereocenters. The summed E-state index contributed by atoms with van der Waals surface area (Å²) in [6.07, 6.45) is 2.01. The van der Waals surface area contributed by atoms with Crippen LogP contribution in [-0.4, -0.2) is 11.6 Å². The number of hydrogen-bond donors (Lipinski definition) is 0. The van der Waals surface area contributed by atoms with Gasteiger partial charge in [0.05, 0.1) is 0 Å². The minimum atomic E-state index is 1.01. The number of pyridine rings is 1. The predicted molar refractivity (Wildman–Crippen MR) is 41.6 cm³/mol. The molecule has 2 nitrogen and oxygen atoms in total. The molecule has 0 N–H and O–H groups in total. The van der Waals surface area contributed by atoms with Crippen molar-refractivity contribution in [3.05, 3.63) is 29.4 Å². The van der Waals surface area contributed by atoms with Crippen LogP contribution in [0.1, 0.15) is 5.56 Å². The van der Waals surface area contributed by atoms with Gasteiger partial charge in [0, 0.05) is 20.3 Å². The molecule has 1 rings (SSSR count). The molecule has 0 aliphatic carbocycles. The zero-order valence-electron chi connectivity index (χ0n) is 6.63. The first-order valence-electron chi connectivity index (χ1n) is 3.30. The standard InChI is InChI=1S/C8H12N2/c1-7-4-5-10(3)8(6-7)9-2/h4-6H,1-3H3/b9-8-. The Hall–Kier alpha value is -1.05. The van der Waals surface area contributed by atoms with Crippen LogP contribution in [0.3, 0.4) is 0 Å². The van der Waals surface area contributed by atoms with E-state index in [1.165, 1.54) is 5.56 Å². The molecule has 1 aromatic heterocycles. The molecule has 0 saturated carbocycles. The Morgan fingerprint density at radius 3 is 2.70 bits per heavy atom. The van der Waals surface area contributed by atoms with Gasteiger partial charge in [-0.05, 0) is 24.6 Å². The Morgan fingerprint density at radius 2 is 2.20 bits per heavy atom. The summed E-state index contributed by atoms with van der Waals surface area (Å²) in [6.45, 7) is 2.06. The first kappa shape index (κ1) is 7.06. The summed E-state index contributed by atoms with van der Waals surface area (Å²) >= 11 is 0. The highest BCUT2D eigenvalue weighted by atomic mass is 15.0. The topological polar surface area (TPSA) is 17.3 Å². The quantitative estimate of drug-likeness (QED) is 0.503. The van der Waals surface area contributed by atoms with E-state index in [2.05, 4.69) is 24.0 Å². The molecule has 54 valence electrons. The molecular formula is C8H12N2. The lowest BCUT2D eigenvalue weighted by molar-refractivity contribution is 0.824. The molecule has 0 spiro atoms. The number of rotatable bonds is 0. The van der Waals surface area contributed by atoms with Gasteiger partial charge in [0.25, 0.3) is 0 Å². The number of hydrogen-bond acceptors (Lipinski definition) is 1. The van der Waals surface area contributed by atoms with Gasteiger partial charge in [0.1, 0.15) is 5.49 Å². The molecule has 0 saturated heterocycles. The molecule has 1 aromatic rings. The molecule has 0 aliphatic heterocycles. The lowest BCUT2D eigenvalue weighted by atomic mass is 10.3. The van der Waals surface area contributed by atoms with Crippen molar-refractivity contribution < 1.29 is 0 Å². The highest BCUT2D eigenvalue weighted by Gasteiger charge is 1.85. The third kappa shape index (κ3) is 1.26. The summed E-state index contributed by atoms with van der Waals surface area (Å²) in [7, 11) is 3.79. The van der Waals surface area contributed by atoms with Gasteiger partial charge < -0.3 is 4.57 Å². The second-order valence-corrected chi connectivity index (χ2v) is 2.40. The molecular weight excluding hydrogens is 124 g/mol. The normalized spacial score (nSPS) is 12.1. The second kappa shape index (κ2) is 2.69. The minimum Gasteiger partial charge on any atom is -0.336 e. The average Bonchev–Trinajstić information content (AvgIpc) is 1.94. The maximum atomic E-state index is 4.09. The SMILES string of the molecule is C/N=c1/cc(C)ccn1C. The molecule has 0 unspecified atom stereocenters. The Labute approximate surface area is 60.9 Å². The van der Waals surface area contributed by atoms with Crippen LogP contribution >= 0.6 is 0 Å². The molecule has 0 aliphatic rings. The van der Waals surface area contributed by atoms with Crippen LogP contribution in [0.25, 0.3) is 0 Å². The zero-order valence-corrected chi connectivity index (χ0v) is 6.63. The molecule has 0 amide bonds. The van der Waals surface area contributed by atoms with Crippen LogP contribution < -0.4 is 5.49 Å². The van der Waals surface area contributed by atoms with E-state index in [-0.39, 0.29) is 0 Å². The van der Waals surface area contributed by atoms with E-state index < -0.39 is 0 Å². The van der Waals surface area contributed by atoms with Crippen LogP contribution in [-0.2, 0) is 7.05 Å². The highest BCUT2D eigenvalue weighted by Crippen LogP contribution is 1.87. The van der Waals surface area contributed by atoms with E-state index >= 15 is 0 Å². The smallest absolute Gasteiger partial charge is 0.127 e. The first-order valence-corrected chi connectivity index (χ1v) is 3.30. The van der Waals surface area contributed by atoms with Crippen LogP contribution in [0.2, 0.25) is 0 Å². The Kier molecular flexibility index (Phi) is 1.90. The summed E-state index contributed by atoms with van der Waals surface area (Å²) < 4.78 is 1.99. The summed E-state index contributed by atoms with van der Waals surface area (Å²) in [5.74, 6) is 0. The average molecular weight is 136 g/mol. The molecule has 0 aromatic carbocycles. The Morgan fingerprint density at radius 1 is 1.50 bits per heavy atom. The third-order valence-corrected chi connectivity index (χ3v) is 1.51. The summed E-state index contributed by atoms with van der Waals surface area (Å²) in [5.41, 5.74) is 2.26. The van der Waals surface area contributed by atoms with Gasteiger partial charge in [-0.25, -0.2) is 0 Å². The van der Waals surface area contributed by atoms with Gasteiger partial charge >= 0.3 is 0 Å². The fraction of sp³-hybridized carbons (Fsp3) is 0.375. The third-order valence-electron chi connectivity index (χ3n) is 1.51. The van der Waals surface area contributed by atoms with Crippen LogP contribution in [0.15, 0.2) is 23.3 Å². The number of aromatic nitrogens is 1. The molecule has 2 heteroatoms. The van der Waals surface area contributed by atoms with Gasteiger partial charge in [0.2, 0.25) is 0 Å². The highest BCUT2D eigenvalue weighted by molar-refractivity contribution is 5.07. The summed E-state index contributed by atoms with van der Waals surface area (Å²) in [5, 5.41) is 0. The van der Waals surface area contributed by atoms with Gasteiger partial charge in [-0.2, -0.15) is 0 Å². The Balaban J connectivity index is 3.37. The predicted octanol–water partition coefficient (Wildman–Crippen LogP) is 0.864. The lowest BCUT2D eigenvalue weighted by Gasteiger charge is -1.98. The number of nitrogens with zero attached hydrogens (tertiary/aromatic N) is 2. The van der Waals surface area contributed by atoms with Crippen LogP contribution in [0.5, 0.6) is 0 Å². The number of aryl methyl sites for hydroxylation is 2. The van der Waals surface area contributed by atoms with Crippen molar-refractivity contribution in [2.75, 3.05) is 7.05 Å². The molecule has 0 bridgehead atoms. The largest absolute Gasteiger partial charge is 0.336 e. The molecule has 1 heterocycles. The van der Waals surface area contributed by atoms with Gasteiger partial charge in [-0.3, -0.25) is 4.99 Å². The van der Waals surface area contributed by atoms with Gasteiger partial charge in [-0.1, -0.05) is 0 Å². The Bertz CT molecular complexity index is 284. The molecule has 0 fully saturated rings. The van der Waals surface area contributed by atoms with E-state index in [9.17, 15) is 0 Å². The van der Waals surface area contributed by atoms with Crippen molar-refractivity contribution in [1.82, 2.24) is 4.57 Å². The van der Waals surface area contributed by atoms with E-state index in [0.29, 0.717) is 0 Å². The second-order valence-electron chi connectivity index (χ2n) is 2.40. The molecule has 10 heavy (non-hydrogen) atoms. The molecule has 0 radical (unpaired) electrons. The van der Waals surface area contributed by atoms with Crippen molar-refractivity contribution in [3.63, 3.8) is 0 Å². The summed E-state index contributed by atoms with van der Waals surface area (Å²) in [4.78, 5) is 4.09. The van der Waals surface area contributed by atoms with Crippen LogP contribution in [0, 0.1) is 6.92 Å². The first-order chi connectivity index (χ1) is 4.74. The van der Waals surface area contributed by atoms with Gasteiger partial charge in [0.15, 0.2) is 0 Å². The van der Waals surface area contributed by atoms with Crippen molar-refractivity contribution in [2.45, 2.75) is 6.92 Å². The fourth-order valence-corrected chi connectivity index (χ4v) is 0.882. The van der Waals surface area contributed by atoms with Crippen molar-refractivity contribution in [3.8, 4) is 0 Å². The van der Waals surface area contributed by atoms with Crippen molar-refractivity contribution in [1.29, 1.82) is 0 Å². The van der Waals surface area contributed by atoms with Crippen molar-refractivity contribution in [2.24, 2.45) is 12.0 Å². The monoisotopic (exact) mass is 136 g/mol. The van der Waals surface area contributed by atoms with Crippen molar-refractivity contribution >= 4 is 0 Å². The lowest BCUT2D eigenvalue weighted by Crippen LogP contribution is -2.16. The van der Waals surface area contributed by atoms with Gasteiger partial charge in [-0.15, -0.1) is 0 Å². The zero-order chi connectivity index (χ0) is 7.56. The summed E-state index contributed by atoms with van der Waals surface area (Å²) in [6, 6.07) is 4.12. The van der Waals surface area contributed by atoms with Crippen LogP contribution in [0.4, 0.5) is 0 Å². The van der Waals surface area contributed by atoms with E-state index in [0.717, 1.165) is 5.49 Å².